The summed E-state index contributed by atoms with van der Waals surface area (Å²) in [6.07, 6.45) is 2.76. The molecule has 0 spiro atoms. The molecule has 0 bridgehead atoms. The molecule has 0 amide bonds. The molecule has 0 saturated heterocycles. The van der Waals surface area contributed by atoms with Crippen LogP contribution < -0.4 is 4.72 Å². The first kappa shape index (κ1) is 16.4. The zero-order valence-corrected chi connectivity index (χ0v) is 14.4. The third kappa shape index (κ3) is 3.79. The average molecular weight is 384 g/mol. The quantitative estimate of drug-likeness (QED) is 0.788. The molecule has 1 aliphatic rings. The molecule has 1 aromatic heterocycles. The minimum absolute atomic E-state index is 0.0246. The molecule has 0 aliphatic heterocycles. The zero-order valence-electron chi connectivity index (χ0n) is 11.1. The summed E-state index contributed by atoms with van der Waals surface area (Å²) in [5.41, 5.74) is 0. The molecule has 0 radical (unpaired) electrons. The fourth-order valence-electron chi connectivity index (χ4n) is 2.38. The number of halogens is 1. The van der Waals surface area contributed by atoms with E-state index >= 15 is 0 Å². The van der Waals surface area contributed by atoms with Crippen molar-refractivity contribution in [3.05, 3.63) is 16.5 Å². The van der Waals surface area contributed by atoms with Crippen LogP contribution in [0.25, 0.3) is 0 Å². The molecule has 5 nitrogen and oxygen atoms in total. The van der Waals surface area contributed by atoms with Gasteiger partial charge < -0.3 is 9.52 Å². The van der Waals surface area contributed by atoms with Gasteiger partial charge in [0.05, 0.1) is 0 Å². The van der Waals surface area contributed by atoms with Gasteiger partial charge in [0.25, 0.3) is 0 Å². The molecule has 0 aromatic carbocycles. The molecule has 1 heterocycles. The molecule has 1 aliphatic carbocycles. The summed E-state index contributed by atoms with van der Waals surface area (Å²) in [5, 5.41) is 9.52. The monoisotopic (exact) mass is 383 g/mol. The minimum atomic E-state index is -3.61. The van der Waals surface area contributed by atoms with E-state index < -0.39 is 10.0 Å². The first-order valence-electron chi connectivity index (χ1n) is 6.49. The Kier molecular flexibility index (Phi) is 5.58. The van der Waals surface area contributed by atoms with Crippen molar-refractivity contribution >= 4 is 37.7 Å². The Morgan fingerprint density at radius 1 is 1.55 bits per heavy atom. The summed E-state index contributed by atoms with van der Waals surface area (Å²) in [7, 11) is -3.61. The summed E-state index contributed by atoms with van der Waals surface area (Å²) in [6.45, 7) is 1.79. The summed E-state index contributed by atoms with van der Waals surface area (Å²) < 4.78 is 32.6. The van der Waals surface area contributed by atoms with Gasteiger partial charge in [-0.25, -0.2) is 13.1 Å². The summed E-state index contributed by atoms with van der Waals surface area (Å²) in [4.78, 5) is 0.0492. The maximum atomic E-state index is 12.3. The maximum absolute atomic E-state index is 12.3. The van der Waals surface area contributed by atoms with Crippen molar-refractivity contribution in [2.45, 2.75) is 49.0 Å². The second kappa shape index (κ2) is 6.83. The Morgan fingerprint density at radius 3 is 2.90 bits per heavy atom. The molecule has 114 valence electrons. The van der Waals surface area contributed by atoms with Crippen molar-refractivity contribution in [3.8, 4) is 0 Å². The van der Waals surface area contributed by atoms with Crippen molar-refractivity contribution in [1.82, 2.24) is 4.72 Å². The van der Waals surface area contributed by atoms with Gasteiger partial charge in [0, 0.05) is 17.4 Å². The van der Waals surface area contributed by atoms with E-state index in [1.54, 1.807) is 0 Å². The second-order valence-electron chi connectivity index (χ2n) is 4.72. The number of furan rings is 1. The Morgan fingerprint density at radius 2 is 2.30 bits per heavy atom. The van der Waals surface area contributed by atoms with Crippen LogP contribution in [0.2, 0.25) is 0 Å². The topological polar surface area (TPSA) is 79.5 Å². The predicted molar refractivity (Wildman–Crippen MR) is 82.2 cm³/mol. The number of aliphatic hydroxyl groups is 1. The molecule has 1 aromatic rings. The summed E-state index contributed by atoms with van der Waals surface area (Å²) in [6, 6.07) is 1.32. The highest BCUT2D eigenvalue weighted by molar-refractivity contribution is 9.10. The fourth-order valence-corrected chi connectivity index (χ4v) is 5.80. The van der Waals surface area contributed by atoms with Gasteiger partial charge in [0.15, 0.2) is 4.67 Å². The lowest BCUT2D eigenvalue weighted by molar-refractivity contribution is 0.245. The van der Waals surface area contributed by atoms with Gasteiger partial charge in [-0.05, 0) is 40.9 Å². The number of thioether (sulfide) groups is 1. The van der Waals surface area contributed by atoms with Gasteiger partial charge in [-0.1, -0.05) is 6.92 Å². The third-order valence-corrected chi connectivity index (χ3v) is 6.87. The van der Waals surface area contributed by atoms with Crippen LogP contribution in [-0.4, -0.2) is 30.6 Å². The molecule has 2 N–H and O–H groups in total. The van der Waals surface area contributed by atoms with E-state index in [9.17, 15) is 8.42 Å². The minimum Gasteiger partial charge on any atom is -0.450 e. The van der Waals surface area contributed by atoms with E-state index in [4.69, 9.17) is 9.52 Å². The molecule has 1 fully saturated rings. The molecule has 2 atom stereocenters. The van der Waals surface area contributed by atoms with Crippen molar-refractivity contribution in [3.63, 3.8) is 0 Å². The van der Waals surface area contributed by atoms with Crippen LogP contribution >= 0.6 is 27.7 Å². The van der Waals surface area contributed by atoms with Crippen molar-refractivity contribution in [2.24, 2.45) is 0 Å². The lowest BCUT2D eigenvalue weighted by atomic mass is 10.3. The lowest BCUT2D eigenvalue weighted by Gasteiger charge is -2.12. The van der Waals surface area contributed by atoms with Gasteiger partial charge in [-0.3, -0.25) is 0 Å². The van der Waals surface area contributed by atoms with Gasteiger partial charge in [-0.15, -0.1) is 0 Å². The molecular weight excluding hydrogens is 366 g/mol. The molecule has 20 heavy (non-hydrogen) atoms. The Bertz CT molecular complexity index is 558. The first-order valence-corrected chi connectivity index (χ1v) is 9.81. The first-order chi connectivity index (χ1) is 9.46. The molecule has 2 rings (SSSR count). The van der Waals surface area contributed by atoms with Crippen molar-refractivity contribution in [2.75, 3.05) is 5.75 Å². The highest BCUT2D eigenvalue weighted by Crippen LogP contribution is 2.32. The summed E-state index contributed by atoms with van der Waals surface area (Å²) >= 11 is 4.96. The van der Waals surface area contributed by atoms with Crippen LogP contribution in [-0.2, 0) is 16.6 Å². The van der Waals surface area contributed by atoms with Gasteiger partial charge in [-0.2, -0.15) is 11.8 Å². The fraction of sp³-hybridized carbons (Fsp3) is 0.667. The molecule has 2 unspecified atom stereocenters. The van der Waals surface area contributed by atoms with Crippen LogP contribution in [0.1, 0.15) is 31.9 Å². The Labute approximate surface area is 131 Å². The number of sulfonamides is 1. The van der Waals surface area contributed by atoms with Crippen molar-refractivity contribution in [1.29, 1.82) is 0 Å². The van der Waals surface area contributed by atoms with E-state index in [2.05, 4.69) is 27.6 Å². The van der Waals surface area contributed by atoms with E-state index in [-0.39, 0.29) is 28.0 Å². The van der Waals surface area contributed by atoms with E-state index in [0.717, 1.165) is 25.0 Å². The largest absolute Gasteiger partial charge is 0.450 e. The van der Waals surface area contributed by atoms with E-state index in [0.29, 0.717) is 5.25 Å². The summed E-state index contributed by atoms with van der Waals surface area (Å²) in [5.74, 6) is 1.28. The van der Waals surface area contributed by atoms with E-state index in [1.807, 2.05) is 11.8 Å². The Hall–Kier alpha value is -0.0200. The molecule has 1 saturated carbocycles. The zero-order chi connectivity index (χ0) is 14.8. The maximum Gasteiger partial charge on any atom is 0.245 e. The normalized spacial score (nSPS) is 23.4. The van der Waals surface area contributed by atoms with Crippen LogP contribution in [0.15, 0.2) is 20.0 Å². The van der Waals surface area contributed by atoms with Gasteiger partial charge in [0.2, 0.25) is 10.0 Å². The molecule has 8 heteroatoms. The van der Waals surface area contributed by atoms with Gasteiger partial charge >= 0.3 is 0 Å². The molecular formula is C12H18BrNO4S2. The Balaban J connectivity index is 2.06. The third-order valence-electron chi connectivity index (χ3n) is 3.26. The predicted octanol–water partition coefficient (Wildman–Crippen LogP) is 2.49. The number of nitrogens with one attached hydrogen (secondary N) is 1. The number of rotatable bonds is 6. The SMILES string of the molecule is CCSC1CCC(NS(=O)(=O)c2cc(CO)oc2Br)C1. The number of aliphatic hydroxyl groups excluding tert-OH is 1. The van der Waals surface area contributed by atoms with Crippen LogP contribution in [0.5, 0.6) is 0 Å². The standard InChI is InChI=1S/C12H18BrNO4S2/c1-2-19-10-4-3-8(5-10)14-20(16,17)11-6-9(7-15)18-12(11)13/h6,8,10,14-15H,2-5,7H2,1H3. The van der Waals surface area contributed by atoms with Crippen LogP contribution in [0.4, 0.5) is 0 Å². The average Bonchev–Trinajstić information content (AvgIpc) is 2.96. The van der Waals surface area contributed by atoms with Crippen LogP contribution in [0.3, 0.4) is 0 Å². The van der Waals surface area contributed by atoms with Crippen LogP contribution in [0, 0.1) is 0 Å². The number of hydrogen-bond donors (Lipinski definition) is 2. The smallest absolute Gasteiger partial charge is 0.245 e. The van der Waals surface area contributed by atoms with Crippen molar-refractivity contribution < 1.29 is 17.9 Å². The highest BCUT2D eigenvalue weighted by atomic mass is 79.9. The lowest BCUT2D eigenvalue weighted by Crippen LogP contribution is -2.33. The second-order valence-corrected chi connectivity index (χ2v) is 8.70. The highest BCUT2D eigenvalue weighted by Gasteiger charge is 2.30. The van der Waals surface area contributed by atoms with Gasteiger partial charge in [0.1, 0.15) is 17.3 Å². The van der Waals surface area contributed by atoms with E-state index in [1.165, 1.54) is 6.07 Å². The number of hydrogen-bond acceptors (Lipinski definition) is 5.